The number of hydrogen-bond acceptors (Lipinski definition) is 5. The van der Waals surface area contributed by atoms with Crippen LogP contribution in [0.25, 0.3) is 0 Å². The van der Waals surface area contributed by atoms with Gasteiger partial charge >= 0.3 is 0 Å². The van der Waals surface area contributed by atoms with Gasteiger partial charge in [-0.2, -0.15) is 0 Å². The number of nitrogens with zero attached hydrogens (tertiary/aromatic N) is 3. The van der Waals surface area contributed by atoms with Gasteiger partial charge in [-0.15, -0.1) is 0 Å². The SMILES string of the molecule is Cc1nc(N2CC(CN)CC2=O)ccc1[N+](=O)[O-]. The second-order valence-electron chi connectivity index (χ2n) is 4.34. The predicted molar refractivity (Wildman–Crippen MR) is 65.1 cm³/mol. The monoisotopic (exact) mass is 250 g/mol. The van der Waals surface area contributed by atoms with E-state index in [1.54, 1.807) is 6.92 Å². The lowest BCUT2D eigenvalue weighted by molar-refractivity contribution is -0.385. The number of anilines is 1. The van der Waals surface area contributed by atoms with Crippen LogP contribution in [-0.4, -0.2) is 28.9 Å². The minimum atomic E-state index is -0.486. The lowest BCUT2D eigenvalue weighted by atomic mass is 10.1. The Hall–Kier alpha value is -2.02. The molecule has 0 saturated carbocycles. The molecule has 1 saturated heterocycles. The second-order valence-corrected chi connectivity index (χ2v) is 4.34. The van der Waals surface area contributed by atoms with E-state index in [2.05, 4.69) is 4.98 Å². The van der Waals surface area contributed by atoms with Crippen molar-refractivity contribution in [2.75, 3.05) is 18.0 Å². The fourth-order valence-corrected chi connectivity index (χ4v) is 2.04. The number of amides is 1. The minimum Gasteiger partial charge on any atom is -0.330 e. The summed E-state index contributed by atoms with van der Waals surface area (Å²) in [5.74, 6) is 0.556. The molecule has 0 radical (unpaired) electrons. The van der Waals surface area contributed by atoms with Crippen molar-refractivity contribution in [3.8, 4) is 0 Å². The first-order chi connectivity index (χ1) is 8.52. The molecule has 0 aliphatic carbocycles. The van der Waals surface area contributed by atoms with E-state index in [-0.39, 0.29) is 17.5 Å². The topological polar surface area (TPSA) is 102 Å². The Kier molecular flexibility index (Phi) is 3.24. The largest absolute Gasteiger partial charge is 0.330 e. The Morgan fingerprint density at radius 2 is 2.33 bits per heavy atom. The van der Waals surface area contributed by atoms with Gasteiger partial charge in [0.1, 0.15) is 11.5 Å². The Morgan fingerprint density at radius 3 is 2.83 bits per heavy atom. The lowest BCUT2D eigenvalue weighted by Gasteiger charge is -2.15. The van der Waals surface area contributed by atoms with E-state index < -0.39 is 4.92 Å². The van der Waals surface area contributed by atoms with Gasteiger partial charge in [-0.05, 0) is 25.5 Å². The first-order valence-corrected chi connectivity index (χ1v) is 5.65. The van der Waals surface area contributed by atoms with Crippen LogP contribution in [0.5, 0.6) is 0 Å². The van der Waals surface area contributed by atoms with E-state index in [4.69, 9.17) is 5.73 Å². The standard InChI is InChI=1S/C11H14N4O3/c1-7-9(15(17)18)2-3-10(13-7)14-6-8(5-12)4-11(14)16/h2-3,8H,4-6,12H2,1H3. The highest BCUT2D eigenvalue weighted by atomic mass is 16.6. The summed E-state index contributed by atoms with van der Waals surface area (Å²) in [7, 11) is 0. The number of aryl methyl sites for hydroxylation is 1. The fraction of sp³-hybridized carbons (Fsp3) is 0.455. The van der Waals surface area contributed by atoms with Gasteiger partial charge in [-0.25, -0.2) is 4.98 Å². The van der Waals surface area contributed by atoms with E-state index in [0.717, 1.165) is 0 Å². The molecule has 0 aromatic carbocycles. The van der Waals surface area contributed by atoms with Crippen LogP contribution in [0.3, 0.4) is 0 Å². The van der Waals surface area contributed by atoms with Gasteiger partial charge in [0.25, 0.3) is 5.69 Å². The zero-order valence-corrected chi connectivity index (χ0v) is 10.00. The van der Waals surface area contributed by atoms with Gasteiger partial charge in [0.15, 0.2) is 0 Å². The average molecular weight is 250 g/mol. The van der Waals surface area contributed by atoms with Crippen molar-refractivity contribution in [3.63, 3.8) is 0 Å². The summed E-state index contributed by atoms with van der Waals surface area (Å²) < 4.78 is 0. The molecule has 1 aromatic heterocycles. The summed E-state index contributed by atoms with van der Waals surface area (Å²) in [6.07, 6.45) is 0.411. The molecule has 2 rings (SSSR count). The van der Waals surface area contributed by atoms with E-state index in [1.165, 1.54) is 17.0 Å². The van der Waals surface area contributed by atoms with Crippen LogP contribution in [0.15, 0.2) is 12.1 Å². The normalized spacial score (nSPS) is 19.3. The molecular formula is C11H14N4O3. The van der Waals surface area contributed by atoms with Crippen LogP contribution in [0.2, 0.25) is 0 Å². The van der Waals surface area contributed by atoms with Crippen molar-refractivity contribution in [1.29, 1.82) is 0 Å². The van der Waals surface area contributed by atoms with Crippen LogP contribution in [0.1, 0.15) is 12.1 Å². The fourth-order valence-electron chi connectivity index (χ4n) is 2.04. The van der Waals surface area contributed by atoms with Crippen LogP contribution in [-0.2, 0) is 4.79 Å². The van der Waals surface area contributed by atoms with Gasteiger partial charge in [-0.1, -0.05) is 0 Å². The summed E-state index contributed by atoms with van der Waals surface area (Å²) in [6.45, 7) is 2.54. The highest BCUT2D eigenvalue weighted by Crippen LogP contribution is 2.25. The first-order valence-electron chi connectivity index (χ1n) is 5.65. The van der Waals surface area contributed by atoms with Crippen molar-refractivity contribution in [1.82, 2.24) is 4.98 Å². The molecule has 18 heavy (non-hydrogen) atoms. The van der Waals surface area contributed by atoms with Gasteiger partial charge in [-0.3, -0.25) is 19.8 Å². The molecule has 1 fully saturated rings. The smallest absolute Gasteiger partial charge is 0.290 e. The van der Waals surface area contributed by atoms with Crippen molar-refractivity contribution in [2.24, 2.45) is 11.7 Å². The van der Waals surface area contributed by atoms with Gasteiger partial charge in [0.05, 0.1) is 4.92 Å². The summed E-state index contributed by atoms with van der Waals surface area (Å²) in [4.78, 5) is 27.6. The quantitative estimate of drug-likeness (QED) is 0.625. The molecule has 0 bridgehead atoms. The van der Waals surface area contributed by atoms with E-state index >= 15 is 0 Å². The van der Waals surface area contributed by atoms with Crippen LogP contribution in [0.4, 0.5) is 11.5 Å². The Balaban J connectivity index is 2.27. The zero-order chi connectivity index (χ0) is 13.3. The molecule has 1 aliphatic rings. The zero-order valence-electron chi connectivity index (χ0n) is 10.00. The van der Waals surface area contributed by atoms with Crippen molar-refractivity contribution >= 4 is 17.4 Å². The van der Waals surface area contributed by atoms with E-state index in [9.17, 15) is 14.9 Å². The predicted octanol–water partition coefficient (Wildman–Crippen LogP) is 0.610. The summed E-state index contributed by atoms with van der Waals surface area (Å²) in [5, 5.41) is 10.7. The van der Waals surface area contributed by atoms with Gasteiger partial charge in [0, 0.05) is 19.0 Å². The van der Waals surface area contributed by atoms with Gasteiger partial charge in [0.2, 0.25) is 5.91 Å². The summed E-state index contributed by atoms with van der Waals surface area (Å²) in [6, 6.07) is 2.88. The third kappa shape index (κ3) is 2.17. The van der Waals surface area contributed by atoms with Crippen molar-refractivity contribution in [2.45, 2.75) is 13.3 Å². The highest BCUT2D eigenvalue weighted by Gasteiger charge is 2.31. The molecule has 1 aromatic rings. The Labute approximate surface area is 104 Å². The minimum absolute atomic E-state index is 0.0359. The van der Waals surface area contributed by atoms with E-state index in [1.807, 2.05) is 0 Å². The third-order valence-corrected chi connectivity index (χ3v) is 3.05. The summed E-state index contributed by atoms with van der Waals surface area (Å²) >= 11 is 0. The molecule has 1 atom stereocenters. The number of pyridine rings is 1. The lowest BCUT2D eigenvalue weighted by Crippen LogP contribution is -2.26. The highest BCUT2D eigenvalue weighted by molar-refractivity contribution is 5.94. The number of nitrogens with two attached hydrogens (primary N) is 1. The number of nitro groups is 1. The van der Waals surface area contributed by atoms with Crippen LogP contribution in [0, 0.1) is 23.0 Å². The van der Waals surface area contributed by atoms with E-state index in [0.29, 0.717) is 31.0 Å². The van der Waals surface area contributed by atoms with Crippen molar-refractivity contribution < 1.29 is 9.72 Å². The summed E-state index contributed by atoms with van der Waals surface area (Å²) in [5.41, 5.74) is 5.81. The molecule has 0 spiro atoms. The number of aromatic nitrogens is 1. The maximum absolute atomic E-state index is 11.8. The third-order valence-electron chi connectivity index (χ3n) is 3.05. The Morgan fingerprint density at radius 1 is 1.61 bits per heavy atom. The first kappa shape index (κ1) is 12.4. The molecule has 1 aliphatic heterocycles. The van der Waals surface area contributed by atoms with Gasteiger partial charge < -0.3 is 5.73 Å². The number of carbonyl (C=O) groups is 1. The molecular weight excluding hydrogens is 236 g/mol. The number of hydrogen-bond donors (Lipinski definition) is 1. The molecule has 1 amide bonds. The maximum atomic E-state index is 11.8. The second kappa shape index (κ2) is 4.69. The average Bonchev–Trinajstić information content (AvgIpc) is 2.70. The number of carbonyl (C=O) groups excluding carboxylic acids is 1. The van der Waals surface area contributed by atoms with Crippen LogP contribution < -0.4 is 10.6 Å². The molecule has 7 nitrogen and oxygen atoms in total. The van der Waals surface area contributed by atoms with Crippen LogP contribution >= 0.6 is 0 Å². The molecule has 1 unspecified atom stereocenters. The Bertz CT molecular complexity index is 503. The molecule has 2 heterocycles. The molecule has 2 N–H and O–H groups in total. The van der Waals surface area contributed by atoms with Crippen molar-refractivity contribution in [3.05, 3.63) is 27.9 Å². The molecule has 7 heteroatoms. The maximum Gasteiger partial charge on any atom is 0.290 e. The molecule has 96 valence electrons. The number of rotatable bonds is 3.